The zero-order chi connectivity index (χ0) is 45.1. The third kappa shape index (κ3) is 10.1. The Morgan fingerprint density at radius 3 is 2.23 bits per heavy atom. The topological polar surface area (TPSA) is 166 Å². The highest BCUT2D eigenvalue weighted by molar-refractivity contribution is 5.84. The van der Waals surface area contributed by atoms with Crippen molar-refractivity contribution in [1.82, 2.24) is 0 Å². The lowest BCUT2D eigenvalue weighted by molar-refractivity contribution is -0.408. The van der Waals surface area contributed by atoms with Gasteiger partial charge in [0.05, 0.1) is 60.4 Å². The van der Waals surface area contributed by atoms with E-state index in [0.717, 1.165) is 6.42 Å². The molecule has 61 heavy (non-hydrogen) atoms. The van der Waals surface area contributed by atoms with Crippen molar-refractivity contribution >= 4 is 17.9 Å². The zero-order valence-electron chi connectivity index (χ0n) is 38.7. The van der Waals surface area contributed by atoms with Gasteiger partial charge in [-0.1, -0.05) is 61.3 Å². The van der Waals surface area contributed by atoms with Crippen LogP contribution >= 0.6 is 0 Å². The van der Waals surface area contributed by atoms with E-state index in [0.29, 0.717) is 57.8 Å². The molecule has 0 aromatic heterocycles. The quantitative estimate of drug-likeness (QED) is 0.0948. The molecule has 0 saturated carbocycles. The summed E-state index contributed by atoms with van der Waals surface area (Å²) in [6.07, 6.45) is 9.70. The normalized spacial score (nSPS) is 41.3. The predicted molar refractivity (Wildman–Crippen MR) is 227 cm³/mol. The summed E-state index contributed by atoms with van der Waals surface area (Å²) in [5.41, 5.74) is -1.77. The van der Waals surface area contributed by atoms with E-state index in [9.17, 15) is 24.6 Å². The second-order valence-corrected chi connectivity index (χ2v) is 19.2. The van der Waals surface area contributed by atoms with Crippen molar-refractivity contribution < 1.29 is 62.5 Å². The van der Waals surface area contributed by atoms with E-state index in [1.807, 2.05) is 41.5 Å². The van der Waals surface area contributed by atoms with Crippen molar-refractivity contribution in [1.29, 1.82) is 0 Å². The number of esters is 1. The highest BCUT2D eigenvalue weighted by atomic mass is 16.8. The minimum atomic E-state index is -1.46. The highest BCUT2D eigenvalue weighted by Gasteiger charge is 2.64. The van der Waals surface area contributed by atoms with Crippen LogP contribution in [-0.2, 0) is 47.5 Å². The number of ether oxygens (including phenoxy) is 8. The number of ketones is 1. The number of aliphatic hydroxyl groups is 2. The molecule has 0 radical (unpaired) electrons. The molecule has 2 spiro atoms. The van der Waals surface area contributed by atoms with Gasteiger partial charge in [0, 0.05) is 30.1 Å². The fourth-order valence-corrected chi connectivity index (χ4v) is 11.1. The number of carbonyl (C=O) groups is 3. The van der Waals surface area contributed by atoms with Crippen molar-refractivity contribution in [3.05, 3.63) is 12.2 Å². The molecular weight excluding hydrogens is 785 g/mol. The van der Waals surface area contributed by atoms with Crippen molar-refractivity contribution in [3.8, 4) is 12.3 Å². The number of terminal acetylenes is 1. The summed E-state index contributed by atoms with van der Waals surface area (Å²) >= 11 is 0. The van der Waals surface area contributed by atoms with Gasteiger partial charge in [0.2, 0.25) is 5.79 Å². The van der Waals surface area contributed by atoms with Gasteiger partial charge in [-0.3, -0.25) is 9.59 Å². The molecule has 4 saturated heterocycles. The second-order valence-electron chi connectivity index (χ2n) is 19.2. The van der Waals surface area contributed by atoms with E-state index in [1.54, 1.807) is 26.0 Å². The first-order valence-corrected chi connectivity index (χ1v) is 23.2. The fourth-order valence-electron chi connectivity index (χ4n) is 11.1. The first-order chi connectivity index (χ1) is 28.8. The maximum Gasteiger partial charge on any atom is 0.509 e. The van der Waals surface area contributed by atoms with E-state index in [2.05, 4.69) is 26.7 Å². The highest BCUT2D eigenvalue weighted by Crippen LogP contribution is 2.54. The summed E-state index contributed by atoms with van der Waals surface area (Å²) in [6, 6.07) is 0. The lowest BCUT2D eigenvalue weighted by Crippen LogP contribution is -2.63. The number of aliphatic hydroxyl groups excluding tert-OH is 1. The first-order valence-electron chi connectivity index (χ1n) is 23.2. The molecule has 0 bridgehead atoms. The van der Waals surface area contributed by atoms with Gasteiger partial charge in [-0.05, 0) is 103 Å². The summed E-state index contributed by atoms with van der Waals surface area (Å²) in [5.74, 6) is -3.27. The number of carbonyl (C=O) groups excluding carboxylic acids is 3. The first kappa shape index (κ1) is 49.4. The van der Waals surface area contributed by atoms with Gasteiger partial charge < -0.3 is 48.1 Å². The molecule has 346 valence electrons. The van der Waals surface area contributed by atoms with Crippen molar-refractivity contribution in [2.24, 2.45) is 41.4 Å². The molecule has 4 fully saturated rings. The number of rotatable bonds is 15. The van der Waals surface area contributed by atoms with Gasteiger partial charge in [0.15, 0.2) is 18.5 Å². The molecule has 5 aliphatic heterocycles. The SMILES string of the molecule is C#CCOC(=O)[C@H](CC)[C@H]1CC[C@H](C)[C@H]([C@@H](C)[C@H](O)[C@H](C)C(=O)[C@H](CC)[C@H]2O[C@]3(C=C[C@@H](OC(=O)OCC)[C@]4(CC[C@@](C)([C@H]5CC[C@](O)(CC)[C@H](C)O5)O4)O3)[C@H](C)C[C@@H]2C)O1. The van der Waals surface area contributed by atoms with Crippen LogP contribution in [0.3, 0.4) is 0 Å². The third-order valence-corrected chi connectivity index (χ3v) is 15.2. The predicted octanol–water partition coefficient (Wildman–Crippen LogP) is 7.46. The van der Waals surface area contributed by atoms with Crippen molar-refractivity contribution in [3.63, 3.8) is 0 Å². The van der Waals surface area contributed by atoms with Crippen LogP contribution in [-0.4, -0.2) is 107 Å². The minimum Gasteiger partial charge on any atom is -0.452 e. The van der Waals surface area contributed by atoms with Crippen LogP contribution in [0.15, 0.2) is 12.2 Å². The minimum absolute atomic E-state index is 0.0374. The molecule has 13 heteroatoms. The molecule has 0 unspecified atom stereocenters. The average Bonchev–Trinajstić information content (AvgIpc) is 3.58. The van der Waals surface area contributed by atoms with Crippen LogP contribution in [0.2, 0.25) is 0 Å². The molecule has 5 aliphatic rings. The number of hydrogen-bond acceptors (Lipinski definition) is 13. The Kier molecular flexibility index (Phi) is 16.3. The summed E-state index contributed by atoms with van der Waals surface area (Å²) in [4.78, 5) is 40.4. The molecule has 18 atom stereocenters. The third-order valence-electron chi connectivity index (χ3n) is 15.2. The maximum absolute atomic E-state index is 14.7. The Morgan fingerprint density at radius 2 is 1.61 bits per heavy atom. The van der Waals surface area contributed by atoms with Gasteiger partial charge in [0.1, 0.15) is 5.78 Å². The monoisotopic (exact) mass is 861 g/mol. The van der Waals surface area contributed by atoms with E-state index < -0.39 is 77.0 Å². The molecule has 0 amide bonds. The molecule has 0 aliphatic carbocycles. The van der Waals surface area contributed by atoms with Crippen LogP contribution in [0.5, 0.6) is 0 Å². The summed E-state index contributed by atoms with van der Waals surface area (Å²) in [6.45, 7) is 21.4. The Labute approximate surface area is 364 Å². The van der Waals surface area contributed by atoms with Gasteiger partial charge in [-0.15, -0.1) is 6.42 Å². The Hall–Kier alpha value is -2.57. The molecule has 5 heterocycles. The van der Waals surface area contributed by atoms with E-state index in [1.165, 1.54) is 0 Å². The zero-order valence-corrected chi connectivity index (χ0v) is 38.7. The van der Waals surface area contributed by atoms with E-state index in [-0.39, 0.29) is 61.0 Å². The van der Waals surface area contributed by atoms with Crippen LogP contribution in [0.1, 0.15) is 140 Å². The maximum atomic E-state index is 14.7. The second kappa shape index (κ2) is 20.1. The van der Waals surface area contributed by atoms with Gasteiger partial charge in [-0.25, -0.2) is 4.79 Å². The summed E-state index contributed by atoms with van der Waals surface area (Å²) in [5, 5.41) is 23.1. The van der Waals surface area contributed by atoms with Crippen LogP contribution < -0.4 is 0 Å². The Bertz CT molecular complexity index is 1590. The fraction of sp³-hybridized carbons (Fsp3) is 0.854. The molecule has 0 aromatic rings. The Balaban J connectivity index is 1.36. The molecule has 13 nitrogen and oxygen atoms in total. The summed E-state index contributed by atoms with van der Waals surface area (Å²) in [7, 11) is 0. The Morgan fingerprint density at radius 1 is 0.902 bits per heavy atom. The largest absolute Gasteiger partial charge is 0.509 e. The molecule has 5 rings (SSSR count). The van der Waals surface area contributed by atoms with Crippen molar-refractivity contribution in [2.45, 2.75) is 206 Å². The van der Waals surface area contributed by atoms with Crippen LogP contribution in [0, 0.1) is 53.8 Å². The molecule has 2 N–H and O–H groups in total. The van der Waals surface area contributed by atoms with E-state index >= 15 is 0 Å². The van der Waals surface area contributed by atoms with Crippen LogP contribution in [0.25, 0.3) is 0 Å². The lowest BCUT2D eigenvalue weighted by Gasteiger charge is -2.54. The average molecular weight is 861 g/mol. The van der Waals surface area contributed by atoms with Gasteiger partial charge in [0.25, 0.3) is 0 Å². The van der Waals surface area contributed by atoms with Gasteiger partial charge in [-0.2, -0.15) is 0 Å². The molecule has 0 aromatic carbocycles. The lowest BCUT2D eigenvalue weighted by atomic mass is 9.72. The number of hydrogen-bond donors (Lipinski definition) is 2. The van der Waals surface area contributed by atoms with Crippen LogP contribution in [0.4, 0.5) is 4.79 Å². The van der Waals surface area contributed by atoms with Crippen molar-refractivity contribution in [2.75, 3.05) is 13.2 Å². The number of Topliss-reactive ketones (excluding diaryl/α,β-unsaturated/α-hetero) is 1. The standard InChI is InChI=1S/C48H76O13/c1-13-26-55-43(51)34(14-2)36-19-18-28(6)41(57-36)32(10)39(49)31(9)40(50)35(15-3)42-29(7)27-30(8)47(59-42)23-21-38(58-44(52)54-17-5)48(61-47)25-24-45(12,60-48)37-20-22-46(53,16-4)33(11)56-37/h1,21,23,28-39,41-42,49,53H,14-20,22,24-27H2,2-12H3/t28-,29-,30+,31-,32-,33-,34+,35-,36+,37+,38+,39+,41+,42-,45-,46+,47-,48-/m0/s1. The molecular formula is C48H76O13. The van der Waals surface area contributed by atoms with Gasteiger partial charge >= 0.3 is 12.1 Å². The smallest absolute Gasteiger partial charge is 0.452 e. The van der Waals surface area contributed by atoms with E-state index in [4.69, 9.17) is 44.3 Å². The summed E-state index contributed by atoms with van der Waals surface area (Å²) < 4.78 is 50.6.